The molecule has 6 rings (SSSR count). The van der Waals surface area contributed by atoms with Crippen LogP contribution in [0.4, 0.5) is 9.93 Å². The monoisotopic (exact) mass is 759 g/mol. The molecular weight excluding hydrogens is 715 g/mol. The first-order valence-corrected chi connectivity index (χ1v) is 18.7. The van der Waals surface area contributed by atoms with Crippen LogP contribution in [0.15, 0.2) is 48.4 Å². The number of hydrogen-bond donors (Lipinski definition) is 5. The maximum absolute atomic E-state index is 14.3. The summed E-state index contributed by atoms with van der Waals surface area (Å²) in [5.74, 6) is -2.17. The minimum atomic E-state index is -1.53. The standard InChI is InChI=1S/C38H45N7O8S/c1-7-22-16-38(22,35(49)50)44-33(47)28-14-24(17-45(28)34(48)31(19(2)3)43-36(51)40-23-10-8-9-11-23)53-30-15-26(27-18-54-37(42-27)39-21(5)46)41-32-20(4)29(52-6)13-12-25(30)32/h7,12-13,15,18,22-24,28,31H,1-2,8-11,14,16-17H2,3-6H3,(H,44,47)(H,49,50)(H,39,42,46)(H2,40,43,51)/t22-,24-,28+,31+,38-/m1/s1. The predicted molar refractivity (Wildman–Crippen MR) is 202 cm³/mol. The normalized spacial score (nSPS) is 22.6. The zero-order valence-electron chi connectivity index (χ0n) is 30.7. The Morgan fingerprint density at radius 3 is 2.48 bits per heavy atom. The van der Waals surface area contributed by atoms with Crippen LogP contribution >= 0.6 is 11.3 Å². The van der Waals surface area contributed by atoms with Crippen LogP contribution in [-0.4, -0.2) is 93.1 Å². The van der Waals surface area contributed by atoms with Crippen LogP contribution in [0, 0.1) is 12.8 Å². The Hall–Kier alpha value is -5.51. The van der Waals surface area contributed by atoms with Gasteiger partial charge in [-0.25, -0.2) is 19.6 Å². The molecule has 0 radical (unpaired) electrons. The zero-order valence-corrected chi connectivity index (χ0v) is 31.5. The number of methoxy groups -OCH3 is 1. The number of pyridine rings is 1. The largest absolute Gasteiger partial charge is 0.496 e. The van der Waals surface area contributed by atoms with Crippen molar-refractivity contribution in [2.45, 2.75) is 89.1 Å². The number of ether oxygens (including phenoxy) is 2. The van der Waals surface area contributed by atoms with Crippen molar-refractivity contribution in [3.63, 3.8) is 0 Å². The Morgan fingerprint density at radius 1 is 1.11 bits per heavy atom. The number of aromatic nitrogens is 2. The van der Waals surface area contributed by atoms with Gasteiger partial charge in [0.1, 0.15) is 40.9 Å². The molecule has 15 nitrogen and oxygen atoms in total. The third kappa shape index (κ3) is 7.74. The molecule has 2 saturated carbocycles. The number of thiazole rings is 1. The molecule has 0 unspecified atom stereocenters. The molecule has 54 heavy (non-hydrogen) atoms. The highest BCUT2D eigenvalue weighted by Crippen LogP contribution is 2.45. The second-order valence-electron chi connectivity index (χ2n) is 14.2. The molecule has 5 N–H and O–H groups in total. The maximum atomic E-state index is 14.3. The number of carboxylic acid groups (broad SMARTS) is 1. The van der Waals surface area contributed by atoms with E-state index in [1.54, 1.807) is 31.5 Å². The van der Waals surface area contributed by atoms with Crippen molar-refractivity contribution in [2.24, 2.45) is 5.92 Å². The van der Waals surface area contributed by atoms with Crippen molar-refractivity contribution in [1.82, 2.24) is 30.8 Å². The second kappa shape index (κ2) is 15.5. The number of anilines is 1. The number of likely N-dealkylation sites (tertiary alicyclic amines) is 1. The molecule has 2 aliphatic carbocycles. The van der Waals surface area contributed by atoms with Crippen LogP contribution in [0.1, 0.15) is 57.9 Å². The SMILES string of the molecule is C=C[C@@H]1C[C@]1(NC(=O)[C@@H]1C[C@@H](Oc2cc(-c3csc(NC(C)=O)n3)nc3c(C)c(OC)ccc23)CN1C(=O)[C@@H](NC(=O)NC1CCCC1)C(=C)C)C(=O)O. The molecule has 2 aromatic heterocycles. The van der Waals surface area contributed by atoms with Gasteiger partial charge in [-0.05, 0) is 50.8 Å². The minimum Gasteiger partial charge on any atom is -0.496 e. The van der Waals surface area contributed by atoms with Gasteiger partial charge in [0.15, 0.2) is 5.13 Å². The number of hydrogen-bond acceptors (Lipinski definition) is 10. The van der Waals surface area contributed by atoms with Gasteiger partial charge < -0.3 is 40.7 Å². The van der Waals surface area contributed by atoms with Crippen LogP contribution in [-0.2, 0) is 19.2 Å². The highest BCUT2D eigenvalue weighted by atomic mass is 32.1. The fraction of sp³-hybridized carbons (Fsp3) is 0.447. The number of rotatable bonds is 13. The van der Waals surface area contributed by atoms with E-state index in [4.69, 9.17) is 14.5 Å². The average molecular weight is 760 g/mol. The smallest absolute Gasteiger partial charge is 0.330 e. The molecule has 16 heteroatoms. The van der Waals surface area contributed by atoms with Crippen molar-refractivity contribution < 1.29 is 38.6 Å². The average Bonchev–Trinajstić information content (AvgIpc) is 3.53. The summed E-state index contributed by atoms with van der Waals surface area (Å²) in [6, 6.07) is 2.50. The predicted octanol–water partition coefficient (Wildman–Crippen LogP) is 4.31. The second-order valence-corrected chi connectivity index (χ2v) is 15.0. The fourth-order valence-electron chi connectivity index (χ4n) is 7.29. The van der Waals surface area contributed by atoms with E-state index in [1.165, 1.54) is 29.2 Å². The molecule has 0 bridgehead atoms. The van der Waals surface area contributed by atoms with E-state index in [0.29, 0.717) is 44.5 Å². The van der Waals surface area contributed by atoms with Crippen LogP contribution in [0.5, 0.6) is 11.5 Å². The van der Waals surface area contributed by atoms with E-state index in [-0.39, 0.29) is 31.3 Å². The van der Waals surface area contributed by atoms with Gasteiger partial charge in [-0.2, -0.15) is 0 Å². The summed E-state index contributed by atoms with van der Waals surface area (Å²) in [6.07, 6.45) is 4.64. The number of amides is 5. The summed E-state index contributed by atoms with van der Waals surface area (Å²) in [5, 5.41) is 23.9. The molecule has 3 aliphatic rings. The Kier molecular flexibility index (Phi) is 10.9. The van der Waals surface area contributed by atoms with Gasteiger partial charge in [-0.15, -0.1) is 17.9 Å². The molecule has 5 atom stereocenters. The molecule has 3 fully saturated rings. The summed E-state index contributed by atoms with van der Waals surface area (Å²) in [7, 11) is 1.56. The quantitative estimate of drug-likeness (QED) is 0.156. The lowest BCUT2D eigenvalue weighted by Crippen LogP contribution is -2.57. The first kappa shape index (κ1) is 38.2. The molecule has 3 heterocycles. The van der Waals surface area contributed by atoms with E-state index < -0.39 is 53.5 Å². The van der Waals surface area contributed by atoms with Crippen molar-refractivity contribution >= 4 is 57.1 Å². The van der Waals surface area contributed by atoms with E-state index in [9.17, 15) is 29.1 Å². The highest BCUT2D eigenvalue weighted by molar-refractivity contribution is 7.14. The summed E-state index contributed by atoms with van der Waals surface area (Å²) in [6.45, 7) is 12.5. The van der Waals surface area contributed by atoms with Crippen LogP contribution < -0.4 is 30.7 Å². The minimum absolute atomic E-state index is 0.00229. The van der Waals surface area contributed by atoms with Crippen LogP contribution in [0.2, 0.25) is 0 Å². The fourth-order valence-corrected chi connectivity index (χ4v) is 8.04. The summed E-state index contributed by atoms with van der Waals surface area (Å²) >= 11 is 1.24. The van der Waals surface area contributed by atoms with Crippen LogP contribution in [0.3, 0.4) is 0 Å². The van der Waals surface area contributed by atoms with Gasteiger partial charge in [0, 0.05) is 47.7 Å². The van der Waals surface area contributed by atoms with Crippen molar-refractivity contribution in [3.05, 3.63) is 53.9 Å². The molecular formula is C38H45N7O8S. The van der Waals surface area contributed by atoms with E-state index in [0.717, 1.165) is 31.2 Å². The van der Waals surface area contributed by atoms with Gasteiger partial charge >= 0.3 is 12.0 Å². The van der Waals surface area contributed by atoms with Gasteiger partial charge in [-0.1, -0.05) is 25.5 Å². The van der Waals surface area contributed by atoms with Crippen molar-refractivity contribution in [3.8, 4) is 22.9 Å². The zero-order chi connectivity index (χ0) is 38.9. The first-order chi connectivity index (χ1) is 25.7. The number of nitrogens with zero attached hydrogens (tertiary/aromatic N) is 3. The number of carbonyl (C=O) groups excluding carboxylic acids is 4. The Bertz CT molecular complexity index is 2030. The summed E-state index contributed by atoms with van der Waals surface area (Å²) in [5.41, 5.74) is 1.08. The summed E-state index contributed by atoms with van der Waals surface area (Å²) in [4.78, 5) is 76.1. The lowest BCUT2D eigenvalue weighted by Gasteiger charge is -2.30. The van der Waals surface area contributed by atoms with Gasteiger partial charge in [-0.3, -0.25) is 14.4 Å². The maximum Gasteiger partial charge on any atom is 0.330 e. The highest BCUT2D eigenvalue weighted by Gasteiger charge is 2.61. The van der Waals surface area contributed by atoms with Crippen molar-refractivity contribution in [1.29, 1.82) is 0 Å². The van der Waals surface area contributed by atoms with E-state index in [1.807, 2.05) is 13.0 Å². The number of nitrogens with one attached hydrogen (secondary N) is 4. The van der Waals surface area contributed by atoms with Crippen molar-refractivity contribution in [2.75, 3.05) is 19.0 Å². The number of carbonyl (C=O) groups is 5. The Morgan fingerprint density at radius 2 is 1.85 bits per heavy atom. The molecule has 0 spiro atoms. The molecule has 1 saturated heterocycles. The third-order valence-corrected chi connectivity index (χ3v) is 11.0. The molecule has 1 aliphatic heterocycles. The van der Waals surface area contributed by atoms with Gasteiger partial charge in [0.2, 0.25) is 17.7 Å². The van der Waals surface area contributed by atoms with E-state index in [2.05, 4.69) is 39.4 Å². The number of fused-ring (bicyclic) bond motifs is 1. The van der Waals surface area contributed by atoms with E-state index >= 15 is 0 Å². The summed E-state index contributed by atoms with van der Waals surface area (Å²) < 4.78 is 12.2. The molecule has 5 amide bonds. The number of urea groups is 1. The topological polar surface area (TPSA) is 201 Å². The van der Waals surface area contributed by atoms with Gasteiger partial charge in [0.25, 0.3) is 0 Å². The third-order valence-electron chi connectivity index (χ3n) is 10.3. The lowest BCUT2D eigenvalue weighted by atomic mass is 10.1. The first-order valence-electron chi connectivity index (χ1n) is 17.8. The molecule has 286 valence electrons. The molecule has 3 aromatic rings. The Balaban J connectivity index is 1.33. The number of carboxylic acids is 1. The Labute approximate surface area is 316 Å². The molecule has 1 aromatic carbocycles. The van der Waals surface area contributed by atoms with Crippen LogP contribution in [0.25, 0.3) is 22.3 Å². The number of aliphatic carboxylic acids is 1. The number of benzene rings is 1. The lowest BCUT2D eigenvalue weighted by molar-refractivity contribution is -0.145. The number of aryl methyl sites for hydroxylation is 1. The van der Waals surface area contributed by atoms with Gasteiger partial charge in [0.05, 0.1) is 24.9 Å².